The molecule has 12 aromatic rings. The van der Waals surface area contributed by atoms with Gasteiger partial charge in [-0.1, -0.05) is 146 Å². The summed E-state index contributed by atoms with van der Waals surface area (Å²) < 4.78 is 27.9. The van der Waals surface area contributed by atoms with Crippen molar-refractivity contribution in [1.82, 2.24) is 13.7 Å². The van der Waals surface area contributed by atoms with Crippen LogP contribution < -0.4 is 16.4 Å². The van der Waals surface area contributed by atoms with Crippen molar-refractivity contribution in [3.63, 3.8) is 0 Å². The minimum Gasteiger partial charge on any atom is -0.445 e. The second-order valence-electron chi connectivity index (χ2n) is 16.3. The zero-order valence-electron chi connectivity index (χ0n) is 34.1. The van der Waals surface area contributed by atoms with Crippen molar-refractivity contribution in [3.05, 3.63) is 218 Å². The normalized spacial score (nSPS) is 13.4. The third-order valence-corrected chi connectivity index (χ3v) is 12.7. The van der Waals surface area contributed by atoms with E-state index in [-0.39, 0.29) is 0 Å². The SMILES string of the molecule is c1ccc(-n2c3ccccc3c3ccc(B4OB(c5cccc(-n6c7ccccc7c7ccccc76)c5)OB(c5cccc(-n6c7ccccc7c7ccccc76)c5)O4)cc32)cc1. The van der Waals surface area contributed by atoms with Crippen molar-refractivity contribution in [2.45, 2.75) is 0 Å². The highest BCUT2D eigenvalue weighted by Crippen LogP contribution is 2.34. The van der Waals surface area contributed by atoms with Gasteiger partial charge in [0.2, 0.25) is 0 Å². The maximum absolute atomic E-state index is 6.98. The number of para-hydroxylation sites is 6. The molecule has 13 rings (SSSR count). The smallest absolute Gasteiger partial charge is 0.445 e. The van der Waals surface area contributed by atoms with Crippen molar-refractivity contribution < 1.29 is 13.7 Å². The molecular formula is C54H36B3N3O3. The molecule has 1 fully saturated rings. The molecule has 0 unspecified atom stereocenters. The Kier molecular flexibility index (Phi) is 8.34. The third-order valence-electron chi connectivity index (χ3n) is 12.7. The lowest BCUT2D eigenvalue weighted by atomic mass is 9.61. The molecule has 63 heavy (non-hydrogen) atoms. The third kappa shape index (κ3) is 5.82. The Balaban J connectivity index is 0.958. The first-order valence-electron chi connectivity index (χ1n) is 21.5. The van der Waals surface area contributed by atoms with Crippen LogP contribution in [0.1, 0.15) is 0 Å². The topological polar surface area (TPSA) is 42.5 Å². The molecule has 0 N–H and O–H groups in total. The second kappa shape index (κ2) is 14.5. The van der Waals surface area contributed by atoms with E-state index in [1.54, 1.807) is 0 Å². The number of rotatable bonds is 6. The average molecular weight is 807 g/mol. The summed E-state index contributed by atoms with van der Waals surface area (Å²) in [4.78, 5) is 0. The number of nitrogens with zero attached hydrogens (tertiary/aromatic N) is 3. The fraction of sp³-hybridized carbons (Fsp3) is 0. The van der Waals surface area contributed by atoms with Gasteiger partial charge >= 0.3 is 21.4 Å². The molecule has 1 aliphatic heterocycles. The van der Waals surface area contributed by atoms with Gasteiger partial charge in [0.1, 0.15) is 0 Å². The summed E-state index contributed by atoms with van der Waals surface area (Å²) >= 11 is 0. The molecular weight excluding hydrogens is 771 g/mol. The van der Waals surface area contributed by atoms with Gasteiger partial charge in [0.25, 0.3) is 0 Å². The molecule has 294 valence electrons. The molecule has 6 nitrogen and oxygen atoms in total. The van der Waals surface area contributed by atoms with Crippen LogP contribution in [0.5, 0.6) is 0 Å². The Morgan fingerprint density at radius 3 is 0.968 bits per heavy atom. The molecule has 3 aromatic heterocycles. The highest BCUT2D eigenvalue weighted by Gasteiger charge is 2.44. The van der Waals surface area contributed by atoms with Gasteiger partial charge in [-0.2, -0.15) is 0 Å². The summed E-state index contributed by atoms with van der Waals surface area (Å²) in [5, 5.41) is 7.20. The first kappa shape index (κ1) is 36.1. The van der Waals surface area contributed by atoms with Gasteiger partial charge < -0.3 is 27.4 Å². The van der Waals surface area contributed by atoms with Crippen LogP contribution in [0.2, 0.25) is 0 Å². The Labute approximate surface area is 364 Å². The van der Waals surface area contributed by atoms with Crippen molar-refractivity contribution in [2.24, 2.45) is 0 Å². The van der Waals surface area contributed by atoms with Crippen molar-refractivity contribution in [2.75, 3.05) is 0 Å². The van der Waals surface area contributed by atoms with Gasteiger partial charge in [0.15, 0.2) is 0 Å². The van der Waals surface area contributed by atoms with E-state index in [0.29, 0.717) is 0 Å². The summed E-state index contributed by atoms with van der Waals surface area (Å²) in [5.74, 6) is 0. The first-order chi connectivity index (χ1) is 31.2. The van der Waals surface area contributed by atoms with Crippen molar-refractivity contribution in [3.8, 4) is 17.1 Å². The minimum absolute atomic E-state index is 0.755. The van der Waals surface area contributed by atoms with E-state index in [0.717, 1.165) is 71.9 Å². The highest BCUT2D eigenvalue weighted by atomic mass is 16.7. The van der Waals surface area contributed by atoms with E-state index in [1.807, 2.05) is 0 Å². The number of hydrogen-bond donors (Lipinski definition) is 0. The van der Waals surface area contributed by atoms with Gasteiger partial charge in [0.05, 0.1) is 33.1 Å². The standard InChI is InChI=1S/C54H36B3N3O3/c1-2-18-40(19-3-1)58-49-27-9-8-26-47(49)48-33-32-39(36-54(48)58)57-62-55(37-16-14-20-41(34-37)59-50-28-10-4-22-43(50)44-23-5-11-29-51(44)59)61-56(63-57)38-17-15-21-42(35-38)60-52-30-12-6-24-45(52)46-25-7-13-31-53(46)60/h1-36H. The van der Waals surface area contributed by atoms with Gasteiger partial charge in [-0.15, -0.1) is 0 Å². The maximum Gasteiger partial charge on any atom is 0.467 e. The second-order valence-corrected chi connectivity index (χ2v) is 16.3. The van der Waals surface area contributed by atoms with Crippen LogP contribution in [-0.4, -0.2) is 35.1 Å². The first-order valence-corrected chi connectivity index (χ1v) is 21.5. The van der Waals surface area contributed by atoms with Crippen molar-refractivity contribution >= 4 is 103 Å². The van der Waals surface area contributed by atoms with Gasteiger partial charge in [0, 0.05) is 49.4 Å². The molecule has 1 saturated heterocycles. The molecule has 0 amide bonds. The van der Waals surface area contributed by atoms with E-state index in [1.165, 1.54) is 26.9 Å². The van der Waals surface area contributed by atoms with Gasteiger partial charge in [-0.3, -0.25) is 0 Å². The van der Waals surface area contributed by atoms with Crippen LogP contribution in [0.4, 0.5) is 0 Å². The monoisotopic (exact) mass is 807 g/mol. The Hall–Kier alpha value is -7.55. The fourth-order valence-corrected chi connectivity index (χ4v) is 9.92. The largest absolute Gasteiger partial charge is 0.467 e. The highest BCUT2D eigenvalue weighted by molar-refractivity contribution is 6.87. The van der Waals surface area contributed by atoms with Crippen LogP contribution in [0, 0.1) is 0 Å². The lowest BCUT2D eigenvalue weighted by molar-refractivity contribution is 0.308. The fourth-order valence-electron chi connectivity index (χ4n) is 9.92. The Bertz CT molecular complexity index is 3460. The molecule has 0 aliphatic carbocycles. The Morgan fingerprint density at radius 1 is 0.238 bits per heavy atom. The summed E-state index contributed by atoms with van der Waals surface area (Å²) in [5.41, 5.74) is 12.6. The number of benzene rings is 9. The van der Waals surface area contributed by atoms with Gasteiger partial charge in [-0.05, 0) is 89.2 Å². The molecule has 0 spiro atoms. The van der Waals surface area contributed by atoms with E-state index in [2.05, 4.69) is 232 Å². The van der Waals surface area contributed by atoms with Crippen LogP contribution in [-0.2, 0) is 13.7 Å². The van der Waals surface area contributed by atoms with Crippen LogP contribution in [0.3, 0.4) is 0 Å². The lowest BCUT2D eigenvalue weighted by Gasteiger charge is -2.32. The van der Waals surface area contributed by atoms with Crippen LogP contribution in [0.15, 0.2) is 218 Å². The van der Waals surface area contributed by atoms with E-state index in [9.17, 15) is 0 Å². The van der Waals surface area contributed by atoms with Crippen LogP contribution >= 0.6 is 0 Å². The predicted octanol–water partition coefficient (Wildman–Crippen LogP) is 10.5. The molecule has 0 bridgehead atoms. The Morgan fingerprint density at radius 2 is 0.556 bits per heavy atom. The quantitative estimate of drug-likeness (QED) is 0.157. The maximum atomic E-state index is 6.98. The van der Waals surface area contributed by atoms with Gasteiger partial charge in [-0.25, -0.2) is 0 Å². The summed E-state index contributed by atoms with van der Waals surface area (Å²) in [6, 6.07) is 77.0. The zero-order chi connectivity index (χ0) is 41.4. The average Bonchev–Trinajstić information content (AvgIpc) is 4.00. The molecule has 1 aliphatic rings. The zero-order valence-corrected chi connectivity index (χ0v) is 34.1. The molecule has 0 atom stereocenters. The van der Waals surface area contributed by atoms with Crippen molar-refractivity contribution in [1.29, 1.82) is 0 Å². The van der Waals surface area contributed by atoms with Crippen LogP contribution in [0.25, 0.3) is 82.5 Å². The predicted molar refractivity (Wildman–Crippen MR) is 262 cm³/mol. The molecule has 0 saturated carbocycles. The molecule has 4 heterocycles. The van der Waals surface area contributed by atoms with E-state index >= 15 is 0 Å². The molecule has 9 aromatic carbocycles. The number of aromatic nitrogens is 3. The summed E-state index contributed by atoms with van der Waals surface area (Å²) in [6.07, 6.45) is 0. The number of fused-ring (bicyclic) bond motifs is 9. The van der Waals surface area contributed by atoms with E-state index < -0.39 is 21.4 Å². The lowest BCUT2D eigenvalue weighted by Crippen LogP contribution is -2.61. The summed E-state index contributed by atoms with van der Waals surface area (Å²) in [6.45, 7) is 0. The number of hydrogen-bond acceptors (Lipinski definition) is 3. The summed E-state index contributed by atoms with van der Waals surface area (Å²) in [7, 11) is -2.27. The molecule has 9 heteroatoms. The molecule has 0 radical (unpaired) electrons. The van der Waals surface area contributed by atoms with E-state index in [4.69, 9.17) is 13.7 Å². The minimum atomic E-state index is -0.755.